The van der Waals surface area contributed by atoms with Crippen LogP contribution in [-0.2, 0) is 11.0 Å². The fourth-order valence-electron chi connectivity index (χ4n) is 3.48. The fourth-order valence-corrected chi connectivity index (χ4v) is 3.48. The Morgan fingerprint density at radius 2 is 2.00 bits per heavy atom. The zero-order valence-corrected chi connectivity index (χ0v) is 14.2. The lowest BCUT2D eigenvalue weighted by atomic mass is 9.92. The Morgan fingerprint density at radius 3 is 2.52 bits per heavy atom. The van der Waals surface area contributed by atoms with E-state index in [2.05, 4.69) is 10.3 Å². The van der Waals surface area contributed by atoms with Gasteiger partial charge >= 0.3 is 6.18 Å². The molecule has 25 heavy (non-hydrogen) atoms. The molecule has 1 heterocycles. The SMILES string of the molecule is CC1(C)C[C@@H]1C(=O)Nc1nc2ccc(C(F)(F)F)cc2n1C1CCC1. The summed E-state index contributed by atoms with van der Waals surface area (Å²) >= 11 is 0. The Hall–Kier alpha value is -2.05. The molecule has 2 aromatic rings. The molecule has 1 aromatic carbocycles. The Kier molecular flexibility index (Phi) is 3.43. The lowest BCUT2D eigenvalue weighted by Gasteiger charge is -2.29. The molecule has 1 atom stereocenters. The highest BCUT2D eigenvalue weighted by atomic mass is 19.4. The molecule has 2 aliphatic rings. The molecule has 0 spiro atoms. The van der Waals surface area contributed by atoms with Crippen molar-refractivity contribution in [1.82, 2.24) is 9.55 Å². The molecule has 0 saturated heterocycles. The number of fused-ring (bicyclic) bond motifs is 1. The number of hydrogen-bond acceptors (Lipinski definition) is 2. The average Bonchev–Trinajstić information content (AvgIpc) is 2.96. The number of amides is 1. The van der Waals surface area contributed by atoms with Crippen LogP contribution in [0.1, 0.15) is 51.1 Å². The van der Waals surface area contributed by atoms with Crippen molar-refractivity contribution in [2.24, 2.45) is 11.3 Å². The Balaban J connectivity index is 1.74. The predicted octanol–water partition coefficient (Wildman–Crippen LogP) is 4.76. The molecule has 4 nitrogen and oxygen atoms in total. The summed E-state index contributed by atoms with van der Waals surface area (Å²) in [6.07, 6.45) is -0.767. The summed E-state index contributed by atoms with van der Waals surface area (Å²) in [6.45, 7) is 4.06. The summed E-state index contributed by atoms with van der Waals surface area (Å²) in [6, 6.07) is 3.65. The highest BCUT2D eigenvalue weighted by Crippen LogP contribution is 2.52. The molecular formula is C18H20F3N3O. The van der Waals surface area contributed by atoms with E-state index in [1.165, 1.54) is 6.07 Å². The standard InChI is InChI=1S/C18H20F3N3O/c1-17(2)9-12(17)15(25)23-16-22-13-7-6-10(18(19,20)21)8-14(13)24(16)11-4-3-5-11/h6-8,11-12H,3-5,9H2,1-2H3,(H,22,23,25)/t12-/m1/s1. The number of anilines is 1. The summed E-state index contributed by atoms with van der Waals surface area (Å²) in [5.74, 6) is 0.205. The van der Waals surface area contributed by atoms with Crippen molar-refractivity contribution < 1.29 is 18.0 Å². The van der Waals surface area contributed by atoms with Gasteiger partial charge in [-0.05, 0) is 49.3 Å². The van der Waals surface area contributed by atoms with Gasteiger partial charge in [-0.25, -0.2) is 4.98 Å². The van der Waals surface area contributed by atoms with Crippen LogP contribution in [0.5, 0.6) is 0 Å². The van der Waals surface area contributed by atoms with Gasteiger partial charge in [0.05, 0.1) is 16.6 Å². The van der Waals surface area contributed by atoms with E-state index in [9.17, 15) is 18.0 Å². The van der Waals surface area contributed by atoms with Crippen molar-refractivity contribution in [3.05, 3.63) is 23.8 Å². The van der Waals surface area contributed by atoms with Crippen LogP contribution in [0.3, 0.4) is 0 Å². The first-order valence-corrected chi connectivity index (χ1v) is 8.57. The highest BCUT2D eigenvalue weighted by molar-refractivity contribution is 5.95. The summed E-state index contributed by atoms with van der Waals surface area (Å²) in [4.78, 5) is 16.8. The van der Waals surface area contributed by atoms with Crippen LogP contribution in [0.25, 0.3) is 11.0 Å². The van der Waals surface area contributed by atoms with Gasteiger partial charge < -0.3 is 4.57 Å². The summed E-state index contributed by atoms with van der Waals surface area (Å²) < 4.78 is 41.0. The molecule has 1 N–H and O–H groups in total. The van der Waals surface area contributed by atoms with E-state index in [1.54, 1.807) is 4.57 Å². The number of rotatable bonds is 3. The number of alkyl halides is 3. The fraction of sp³-hybridized carbons (Fsp3) is 0.556. The number of nitrogens with one attached hydrogen (secondary N) is 1. The molecule has 0 radical (unpaired) electrons. The molecule has 4 rings (SSSR count). The third-order valence-electron chi connectivity index (χ3n) is 5.52. The van der Waals surface area contributed by atoms with E-state index in [0.717, 1.165) is 37.8 Å². The maximum absolute atomic E-state index is 13.1. The minimum absolute atomic E-state index is 0.0130. The topological polar surface area (TPSA) is 46.9 Å². The molecule has 134 valence electrons. The molecule has 2 fully saturated rings. The third kappa shape index (κ3) is 2.79. The smallest absolute Gasteiger partial charge is 0.307 e. The molecular weight excluding hydrogens is 331 g/mol. The van der Waals surface area contributed by atoms with Crippen molar-refractivity contribution >= 4 is 22.9 Å². The van der Waals surface area contributed by atoms with Crippen LogP contribution in [-0.4, -0.2) is 15.5 Å². The quantitative estimate of drug-likeness (QED) is 0.866. The van der Waals surface area contributed by atoms with Crippen LogP contribution in [0, 0.1) is 11.3 Å². The van der Waals surface area contributed by atoms with Crippen molar-refractivity contribution in [3.63, 3.8) is 0 Å². The van der Waals surface area contributed by atoms with Gasteiger partial charge in [0.2, 0.25) is 11.9 Å². The van der Waals surface area contributed by atoms with Gasteiger partial charge in [-0.3, -0.25) is 10.1 Å². The highest BCUT2D eigenvalue weighted by Gasteiger charge is 2.50. The van der Waals surface area contributed by atoms with Gasteiger partial charge in [-0.2, -0.15) is 13.2 Å². The molecule has 2 aliphatic carbocycles. The summed E-state index contributed by atoms with van der Waals surface area (Å²) in [5, 5.41) is 2.86. The molecule has 1 aromatic heterocycles. The number of benzene rings is 1. The van der Waals surface area contributed by atoms with Crippen molar-refractivity contribution in [2.75, 3.05) is 5.32 Å². The first-order valence-electron chi connectivity index (χ1n) is 8.57. The van der Waals surface area contributed by atoms with E-state index in [0.29, 0.717) is 17.0 Å². The van der Waals surface area contributed by atoms with E-state index < -0.39 is 11.7 Å². The van der Waals surface area contributed by atoms with Crippen molar-refractivity contribution in [3.8, 4) is 0 Å². The second-order valence-corrected chi connectivity index (χ2v) is 7.83. The Labute approximate surface area is 143 Å². The average molecular weight is 351 g/mol. The summed E-state index contributed by atoms with van der Waals surface area (Å²) in [5.41, 5.74) is 0.206. The number of aromatic nitrogens is 2. The van der Waals surface area contributed by atoms with E-state index in [1.807, 2.05) is 13.8 Å². The van der Waals surface area contributed by atoms with Crippen LogP contribution in [0.15, 0.2) is 18.2 Å². The predicted molar refractivity (Wildman–Crippen MR) is 88.1 cm³/mol. The first kappa shape index (κ1) is 16.4. The number of nitrogens with zero attached hydrogens (tertiary/aromatic N) is 2. The van der Waals surface area contributed by atoms with E-state index in [-0.39, 0.29) is 23.3 Å². The number of carbonyl (C=O) groups is 1. The van der Waals surface area contributed by atoms with Crippen LogP contribution in [0.4, 0.5) is 19.1 Å². The number of halogens is 3. The molecule has 2 saturated carbocycles. The molecule has 0 bridgehead atoms. The zero-order chi connectivity index (χ0) is 18.0. The minimum atomic E-state index is -4.40. The third-order valence-corrected chi connectivity index (χ3v) is 5.52. The molecule has 0 aliphatic heterocycles. The van der Waals surface area contributed by atoms with Gasteiger partial charge in [0, 0.05) is 12.0 Å². The largest absolute Gasteiger partial charge is 0.416 e. The molecule has 7 heteroatoms. The Bertz CT molecular complexity index is 849. The lowest BCUT2D eigenvalue weighted by molar-refractivity contribution is -0.137. The maximum atomic E-state index is 13.1. The van der Waals surface area contributed by atoms with Crippen molar-refractivity contribution in [2.45, 2.75) is 51.7 Å². The second-order valence-electron chi connectivity index (χ2n) is 7.83. The first-order chi connectivity index (χ1) is 11.7. The van der Waals surface area contributed by atoms with Gasteiger partial charge in [0.1, 0.15) is 0 Å². The zero-order valence-electron chi connectivity index (χ0n) is 14.2. The molecule has 0 unspecified atom stereocenters. The normalized spacial score (nSPS) is 22.7. The van der Waals surface area contributed by atoms with Crippen molar-refractivity contribution in [1.29, 1.82) is 0 Å². The van der Waals surface area contributed by atoms with Gasteiger partial charge in [-0.1, -0.05) is 13.8 Å². The lowest BCUT2D eigenvalue weighted by Crippen LogP contribution is -2.23. The Morgan fingerprint density at radius 1 is 1.32 bits per heavy atom. The second kappa shape index (κ2) is 5.22. The monoisotopic (exact) mass is 351 g/mol. The summed E-state index contributed by atoms with van der Waals surface area (Å²) in [7, 11) is 0. The van der Waals surface area contributed by atoms with Gasteiger partial charge in [-0.15, -0.1) is 0 Å². The minimum Gasteiger partial charge on any atom is -0.307 e. The maximum Gasteiger partial charge on any atom is 0.416 e. The number of carbonyl (C=O) groups excluding carboxylic acids is 1. The number of imidazole rings is 1. The van der Waals surface area contributed by atoms with Gasteiger partial charge in [0.25, 0.3) is 0 Å². The van der Waals surface area contributed by atoms with Crippen LogP contribution < -0.4 is 5.32 Å². The van der Waals surface area contributed by atoms with Gasteiger partial charge in [0.15, 0.2) is 0 Å². The van der Waals surface area contributed by atoms with Crippen LogP contribution >= 0.6 is 0 Å². The number of hydrogen-bond donors (Lipinski definition) is 1. The van der Waals surface area contributed by atoms with Crippen LogP contribution in [0.2, 0.25) is 0 Å². The van der Waals surface area contributed by atoms with E-state index in [4.69, 9.17) is 0 Å². The van der Waals surface area contributed by atoms with E-state index >= 15 is 0 Å². The molecule has 1 amide bonds.